The van der Waals surface area contributed by atoms with Crippen molar-refractivity contribution in [3.8, 4) is 0 Å². The number of carboxylic acids is 1. The van der Waals surface area contributed by atoms with E-state index in [2.05, 4.69) is 0 Å². The smallest absolute Gasteiger partial charge is 0.389 e. The van der Waals surface area contributed by atoms with Gasteiger partial charge in [0.15, 0.2) is 0 Å². The third-order valence-corrected chi connectivity index (χ3v) is 4.03. The zero-order chi connectivity index (χ0) is 14.5. The molecule has 1 rings (SSSR count). The highest BCUT2D eigenvalue weighted by atomic mass is 19.4. The normalized spacial score (nSPS) is 19.6. The van der Waals surface area contributed by atoms with Gasteiger partial charge in [-0.3, -0.25) is 4.79 Å². The van der Waals surface area contributed by atoms with Gasteiger partial charge in [-0.1, -0.05) is 19.3 Å². The zero-order valence-electron chi connectivity index (χ0n) is 11.3. The van der Waals surface area contributed by atoms with E-state index < -0.39 is 24.1 Å². The maximum atomic E-state index is 12.1. The third-order valence-electron chi connectivity index (χ3n) is 4.03. The quantitative estimate of drug-likeness (QED) is 0.810. The fraction of sp³-hybridized carbons (Fsp3) is 0.923. The van der Waals surface area contributed by atoms with E-state index in [1.165, 1.54) is 0 Å². The average molecular weight is 281 g/mol. The fourth-order valence-corrected chi connectivity index (χ4v) is 2.94. The Morgan fingerprint density at radius 1 is 1.26 bits per heavy atom. The van der Waals surface area contributed by atoms with Crippen LogP contribution in [0.1, 0.15) is 51.4 Å². The van der Waals surface area contributed by atoms with Crippen molar-refractivity contribution in [1.82, 2.24) is 4.90 Å². The predicted molar refractivity (Wildman–Crippen MR) is 66.0 cm³/mol. The summed E-state index contributed by atoms with van der Waals surface area (Å²) in [6.07, 6.45) is -0.361. The Kier molecular flexibility index (Phi) is 5.64. The van der Waals surface area contributed by atoms with Crippen molar-refractivity contribution in [2.24, 2.45) is 0 Å². The highest BCUT2D eigenvalue weighted by Crippen LogP contribution is 2.36. The van der Waals surface area contributed by atoms with Gasteiger partial charge in [-0.25, -0.2) is 0 Å². The Labute approximate surface area is 111 Å². The molecule has 1 fully saturated rings. The lowest BCUT2D eigenvalue weighted by Gasteiger charge is -2.44. The van der Waals surface area contributed by atoms with Crippen molar-refractivity contribution >= 4 is 5.97 Å². The maximum absolute atomic E-state index is 12.1. The van der Waals surface area contributed by atoms with Gasteiger partial charge in [0.1, 0.15) is 0 Å². The monoisotopic (exact) mass is 281 g/mol. The van der Waals surface area contributed by atoms with Crippen molar-refractivity contribution in [3.63, 3.8) is 0 Å². The Balaban J connectivity index is 2.56. The molecule has 0 aromatic carbocycles. The minimum atomic E-state index is -4.13. The average Bonchev–Trinajstić information content (AvgIpc) is 2.27. The molecule has 6 heteroatoms. The molecular weight excluding hydrogens is 259 g/mol. The number of hydrogen-bond acceptors (Lipinski definition) is 2. The van der Waals surface area contributed by atoms with Crippen molar-refractivity contribution < 1.29 is 23.1 Å². The highest BCUT2D eigenvalue weighted by Gasteiger charge is 2.38. The molecule has 0 unspecified atom stereocenters. The molecule has 19 heavy (non-hydrogen) atoms. The number of aliphatic carboxylic acids is 1. The molecule has 0 aromatic rings. The molecule has 0 atom stereocenters. The van der Waals surface area contributed by atoms with Crippen LogP contribution in [0.3, 0.4) is 0 Å². The van der Waals surface area contributed by atoms with Gasteiger partial charge in [0, 0.05) is 12.0 Å². The second kappa shape index (κ2) is 6.59. The number of carbonyl (C=O) groups is 1. The molecule has 0 heterocycles. The van der Waals surface area contributed by atoms with Crippen LogP contribution in [-0.2, 0) is 4.79 Å². The molecule has 1 N–H and O–H groups in total. The summed E-state index contributed by atoms with van der Waals surface area (Å²) in [7, 11) is 1.75. The molecule has 0 saturated heterocycles. The van der Waals surface area contributed by atoms with Gasteiger partial charge in [0.2, 0.25) is 0 Å². The first-order valence-corrected chi connectivity index (χ1v) is 6.75. The summed E-state index contributed by atoms with van der Waals surface area (Å²) >= 11 is 0. The van der Waals surface area contributed by atoms with Crippen LogP contribution < -0.4 is 0 Å². The standard InChI is InChI=1S/C13H22F3NO2/c1-17(9-5-8-13(14,15)16)12(10-11(18)19)6-3-2-4-7-12/h2-10H2,1H3,(H,18,19). The van der Waals surface area contributed by atoms with E-state index in [-0.39, 0.29) is 12.8 Å². The molecule has 3 nitrogen and oxygen atoms in total. The van der Waals surface area contributed by atoms with Crippen LogP contribution in [0, 0.1) is 0 Å². The molecule has 0 amide bonds. The summed E-state index contributed by atoms with van der Waals surface area (Å²) in [4.78, 5) is 12.8. The molecule has 0 bridgehead atoms. The molecule has 1 aliphatic rings. The zero-order valence-corrected chi connectivity index (χ0v) is 11.3. The first kappa shape index (κ1) is 16.3. The number of rotatable bonds is 6. The maximum Gasteiger partial charge on any atom is 0.389 e. The molecule has 0 spiro atoms. The molecule has 1 saturated carbocycles. The number of halogens is 3. The minimum Gasteiger partial charge on any atom is -0.481 e. The lowest BCUT2D eigenvalue weighted by molar-refractivity contribution is -0.143. The molecular formula is C13H22F3NO2. The topological polar surface area (TPSA) is 40.5 Å². The second-order valence-corrected chi connectivity index (χ2v) is 5.50. The summed E-state index contributed by atoms with van der Waals surface area (Å²) in [5, 5.41) is 9.03. The highest BCUT2D eigenvalue weighted by molar-refractivity contribution is 5.68. The van der Waals surface area contributed by atoms with E-state index in [0.717, 1.165) is 32.1 Å². The van der Waals surface area contributed by atoms with E-state index >= 15 is 0 Å². The minimum absolute atomic E-state index is 0.0233. The SMILES string of the molecule is CN(CCCC(F)(F)F)C1(CC(=O)O)CCCCC1. The first-order valence-electron chi connectivity index (χ1n) is 6.75. The van der Waals surface area contributed by atoms with Crippen LogP contribution in [0.4, 0.5) is 13.2 Å². The van der Waals surface area contributed by atoms with Gasteiger partial charge in [-0.05, 0) is 32.9 Å². The van der Waals surface area contributed by atoms with Gasteiger partial charge in [-0.2, -0.15) is 13.2 Å². The van der Waals surface area contributed by atoms with Crippen molar-refractivity contribution in [1.29, 1.82) is 0 Å². The van der Waals surface area contributed by atoms with Gasteiger partial charge in [0.05, 0.1) is 6.42 Å². The summed E-state index contributed by atoms with van der Waals surface area (Å²) in [5.74, 6) is -0.871. The summed E-state index contributed by atoms with van der Waals surface area (Å²) < 4.78 is 36.4. The van der Waals surface area contributed by atoms with Gasteiger partial charge < -0.3 is 10.0 Å². The Hall–Kier alpha value is -0.780. The molecule has 0 aliphatic heterocycles. The van der Waals surface area contributed by atoms with E-state index in [9.17, 15) is 18.0 Å². The van der Waals surface area contributed by atoms with Crippen molar-refractivity contribution in [3.05, 3.63) is 0 Å². The van der Waals surface area contributed by atoms with Crippen molar-refractivity contribution in [2.45, 2.75) is 63.1 Å². The van der Waals surface area contributed by atoms with Crippen molar-refractivity contribution in [2.75, 3.05) is 13.6 Å². The van der Waals surface area contributed by atoms with Crippen LogP contribution in [0.2, 0.25) is 0 Å². The molecule has 0 radical (unpaired) electrons. The fourth-order valence-electron chi connectivity index (χ4n) is 2.94. The molecule has 0 aromatic heterocycles. The van der Waals surface area contributed by atoms with Crippen LogP contribution in [-0.4, -0.2) is 41.3 Å². The Bertz CT molecular complexity index is 299. The van der Waals surface area contributed by atoms with Crippen LogP contribution >= 0.6 is 0 Å². The van der Waals surface area contributed by atoms with E-state index in [4.69, 9.17) is 5.11 Å². The van der Waals surface area contributed by atoms with Crippen LogP contribution in [0.5, 0.6) is 0 Å². The first-order chi connectivity index (χ1) is 8.75. The largest absolute Gasteiger partial charge is 0.481 e. The van der Waals surface area contributed by atoms with Crippen LogP contribution in [0.15, 0.2) is 0 Å². The molecule has 1 aliphatic carbocycles. The summed E-state index contributed by atoms with van der Waals surface area (Å²) in [6, 6.07) is 0. The molecule has 112 valence electrons. The van der Waals surface area contributed by atoms with E-state index in [1.54, 1.807) is 7.05 Å². The number of nitrogens with zero attached hydrogens (tertiary/aromatic N) is 1. The van der Waals surface area contributed by atoms with Gasteiger partial charge in [-0.15, -0.1) is 0 Å². The lowest BCUT2D eigenvalue weighted by atomic mass is 9.78. The summed E-state index contributed by atoms with van der Waals surface area (Å²) in [5.41, 5.74) is -0.449. The van der Waals surface area contributed by atoms with Crippen LogP contribution in [0.25, 0.3) is 0 Å². The Morgan fingerprint density at radius 3 is 2.32 bits per heavy atom. The van der Waals surface area contributed by atoms with Gasteiger partial charge >= 0.3 is 12.1 Å². The second-order valence-electron chi connectivity index (χ2n) is 5.50. The van der Waals surface area contributed by atoms with E-state index in [1.807, 2.05) is 4.90 Å². The van der Waals surface area contributed by atoms with E-state index in [0.29, 0.717) is 6.54 Å². The Morgan fingerprint density at radius 2 is 1.84 bits per heavy atom. The predicted octanol–water partition coefficient (Wildman–Crippen LogP) is 3.44. The summed E-state index contributed by atoms with van der Waals surface area (Å²) in [6.45, 7) is 0.298. The number of hydrogen-bond donors (Lipinski definition) is 1. The number of carboxylic acid groups (broad SMARTS) is 1. The third kappa shape index (κ3) is 5.38. The van der Waals surface area contributed by atoms with Gasteiger partial charge in [0.25, 0.3) is 0 Å². The lowest BCUT2D eigenvalue weighted by Crippen LogP contribution is -2.49. The number of alkyl halides is 3.